The lowest BCUT2D eigenvalue weighted by atomic mass is 9.69. The van der Waals surface area contributed by atoms with Crippen LogP contribution in [0.3, 0.4) is 0 Å². The molecule has 0 bridgehead atoms. The third-order valence-electron chi connectivity index (χ3n) is 1.95. The Hall–Kier alpha value is -1.14. The monoisotopic (exact) mass is 195 g/mol. The van der Waals surface area contributed by atoms with Crippen LogP contribution in [0, 0.1) is 5.92 Å². The van der Waals surface area contributed by atoms with Crippen molar-refractivity contribution in [3.8, 4) is 0 Å². The average molecular weight is 195 g/mol. The van der Waals surface area contributed by atoms with Crippen LogP contribution in [0.1, 0.15) is 13.8 Å². The van der Waals surface area contributed by atoms with Gasteiger partial charge in [0.2, 0.25) is 13.2 Å². The number of nitrogens with zero attached hydrogens (tertiary/aromatic N) is 1. The third-order valence-corrected chi connectivity index (χ3v) is 1.95. The van der Waals surface area contributed by atoms with Gasteiger partial charge >= 0.3 is 0 Å². The molecule has 2 N–H and O–H groups in total. The molecule has 1 radical (unpaired) electrons. The van der Waals surface area contributed by atoms with Crippen molar-refractivity contribution in [3.05, 3.63) is 11.5 Å². The standard InChI is InChI=1S/C8H12BN2O3/c1-3-11(10-14)8(13)6-4-7(6)9-5(2)12/h4,6,10,14H,3H2,1-2H3. The van der Waals surface area contributed by atoms with Crippen LogP contribution in [0.15, 0.2) is 11.5 Å². The van der Waals surface area contributed by atoms with Crippen molar-refractivity contribution in [2.45, 2.75) is 13.8 Å². The minimum Gasteiger partial charge on any atom is -0.312 e. The predicted octanol–water partition coefficient (Wildman–Crippen LogP) is -0.507. The first-order chi connectivity index (χ1) is 6.60. The first-order valence-corrected chi connectivity index (χ1v) is 4.38. The lowest BCUT2D eigenvalue weighted by Crippen LogP contribution is -2.42. The molecule has 1 aliphatic rings. The van der Waals surface area contributed by atoms with Crippen LogP contribution in [0.5, 0.6) is 0 Å². The molecule has 0 saturated heterocycles. The van der Waals surface area contributed by atoms with E-state index in [0.717, 1.165) is 10.5 Å². The summed E-state index contributed by atoms with van der Waals surface area (Å²) in [5.41, 5.74) is 2.44. The Labute approximate surface area is 82.9 Å². The van der Waals surface area contributed by atoms with Crippen LogP contribution in [0.2, 0.25) is 0 Å². The van der Waals surface area contributed by atoms with Crippen LogP contribution in [-0.2, 0) is 9.59 Å². The average Bonchev–Trinajstić information content (AvgIpc) is 2.84. The lowest BCUT2D eigenvalue weighted by molar-refractivity contribution is -0.145. The molecule has 1 rings (SSSR count). The fraction of sp³-hybridized carbons (Fsp3) is 0.500. The van der Waals surface area contributed by atoms with Gasteiger partial charge in [-0.05, 0) is 13.8 Å². The molecule has 1 unspecified atom stereocenters. The van der Waals surface area contributed by atoms with Crippen molar-refractivity contribution in [2.75, 3.05) is 6.54 Å². The highest BCUT2D eigenvalue weighted by Gasteiger charge is 2.35. The normalized spacial score (nSPS) is 18.5. The summed E-state index contributed by atoms with van der Waals surface area (Å²) in [7, 11) is 1.42. The number of carbonyl (C=O) groups is 2. The minimum atomic E-state index is -0.349. The molecule has 0 heterocycles. The van der Waals surface area contributed by atoms with Crippen LogP contribution >= 0.6 is 0 Å². The maximum Gasteiger partial charge on any atom is 0.248 e. The molecule has 14 heavy (non-hydrogen) atoms. The van der Waals surface area contributed by atoms with Crippen LogP contribution in [-0.4, -0.2) is 35.6 Å². The molecule has 0 aliphatic heterocycles. The maximum absolute atomic E-state index is 11.5. The van der Waals surface area contributed by atoms with Gasteiger partial charge in [0, 0.05) is 6.54 Å². The van der Waals surface area contributed by atoms with Gasteiger partial charge in [-0.25, -0.2) is 0 Å². The summed E-state index contributed by atoms with van der Waals surface area (Å²) >= 11 is 0. The predicted molar refractivity (Wildman–Crippen MR) is 50.3 cm³/mol. The second kappa shape index (κ2) is 4.39. The number of amides is 1. The zero-order valence-electron chi connectivity index (χ0n) is 8.15. The van der Waals surface area contributed by atoms with Crippen LogP contribution in [0.4, 0.5) is 0 Å². The summed E-state index contributed by atoms with van der Waals surface area (Å²) in [5.74, 6) is -0.596. The Bertz CT molecular complexity index is 286. The Balaban J connectivity index is 2.40. The second-order valence-electron chi connectivity index (χ2n) is 3.08. The van der Waals surface area contributed by atoms with Crippen molar-refractivity contribution in [1.29, 1.82) is 0 Å². The Kier molecular flexibility index (Phi) is 3.43. The summed E-state index contributed by atoms with van der Waals surface area (Å²) < 4.78 is 0. The van der Waals surface area contributed by atoms with Crippen molar-refractivity contribution in [3.63, 3.8) is 0 Å². The van der Waals surface area contributed by atoms with Crippen LogP contribution < -0.4 is 5.59 Å². The van der Waals surface area contributed by atoms with E-state index in [1.54, 1.807) is 18.6 Å². The zero-order chi connectivity index (χ0) is 10.7. The van der Waals surface area contributed by atoms with E-state index in [4.69, 9.17) is 5.21 Å². The van der Waals surface area contributed by atoms with Gasteiger partial charge < -0.3 is 4.79 Å². The van der Waals surface area contributed by atoms with Crippen molar-refractivity contribution in [2.24, 2.45) is 5.92 Å². The highest BCUT2D eigenvalue weighted by atomic mass is 16.5. The summed E-state index contributed by atoms with van der Waals surface area (Å²) in [4.78, 5) is 22.2. The van der Waals surface area contributed by atoms with E-state index < -0.39 is 0 Å². The van der Waals surface area contributed by atoms with E-state index >= 15 is 0 Å². The highest BCUT2D eigenvalue weighted by molar-refractivity contribution is 6.80. The minimum absolute atomic E-state index is 0.0773. The van der Waals surface area contributed by atoms with Gasteiger partial charge in [-0.1, -0.05) is 11.5 Å². The topological polar surface area (TPSA) is 69.6 Å². The molecule has 1 atom stereocenters. The van der Waals surface area contributed by atoms with Gasteiger partial charge in [-0.3, -0.25) is 15.0 Å². The third kappa shape index (κ3) is 2.43. The fourth-order valence-corrected chi connectivity index (χ4v) is 1.17. The number of nitrogens with one attached hydrogen (secondary N) is 1. The van der Waals surface area contributed by atoms with E-state index in [9.17, 15) is 9.59 Å². The van der Waals surface area contributed by atoms with E-state index in [1.807, 2.05) is 0 Å². The number of rotatable bonds is 5. The molecule has 0 saturated carbocycles. The Morgan fingerprint density at radius 2 is 2.36 bits per heavy atom. The summed E-state index contributed by atoms with van der Waals surface area (Å²) in [6.07, 6.45) is 1.68. The number of hydrogen-bond acceptors (Lipinski definition) is 4. The smallest absolute Gasteiger partial charge is 0.248 e. The lowest BCUT2D eigenvalue weighted by Gasteiger charge is -2.17. The SMILES string of the molecule is CCN(NO)C(=O)C1C=C1[B]C(C)=O. The van der Waals surface area contributed by atoms with E-state index in [1.165, 1.54) is 14.2 Å². The number of hydrazine groups is 1. The van der Waals surface area contributed by atoms with Gasteiger partial charge in [0.25, 0.3) is 0 Å². The fourth-order valence-electron chi connectivity index (χ4n) is 1.17. The molecule has 5 nitrogen and oxygen atoms in total. The van der Waals surface area contributed by atoms with Gasteiger partial charge in [0.1, 0.15) is 0 Å². The molecular formula is C8H12BN2O3. The molecule has 6 heteroatoms. The van der Waals surface area contributed by atoms with Gasteiger partial charge in [-0.2, -0.15) is 0 Å². The van der Waals surface area contributed by atoms with E-state index in [-0.39, 0.29) is 17.5 Å². The van der Waals surface area contributed by atoms with Gasteiger partial charge in [0.15, 0.2) is 0 Å². The number of hydrogen-bond donors (Lipinski definition) is 2. The highest BCUT2D eigenvalue weighted by Crippen LogP contribution is 2.29. The summed E-state index contributed by atoms with van der Waals surface area (Å²) in [6.45, 7) is 3.54. The molecule has 0 aromatic carbocycles. The first-order valence-electron chi connectivity index (χ1n) is 4.38. The first kappa shape index (κ1) is 10.9. The van der Waals surface area contributed by atoms with Crippen LogP contribution in [0.25, 0.3) is 0 Å². The molecule has 0 spiro atoms. The summed E-state index contributed by atoms with van der Waals surface area (Å²) in [6, 6.07) is 0. The molecule has 0 fully saturated rings. The molecule has 0 aromatic rings. The van der Waals surface area contributed by atoms with E-state index in [0.29, 0.717) is 6.54 Å². The zero-order valence-corrected chi connectivity index (χ0v) is 8.15. The number of carbonyl (C=O) groups excluding carboxylic acids is 2. The largest absolute Gasteiger partial charge is 0.312 e. The molecule has 1 aliphatic carbocycles. The Morgan fingerprint density at radius 1 is 1.71 bits per heavy atom. The van der Waals surface area contributed by atoms with Gasteiger partial charge in [-0.15, -0.1) is 5.59 Å². The van der Waals surface area contributed by atoms with E-state index in [2.05, 4.69) is 0 Å². The van der Waals surface area contributed by atoms with Crippen molar-refractivity contribution in [1.82, 2.24) is 10.6 Å². The Morgan fingerprint density at radius 3 is 2.79 bits per heavy atom. The molecule has 75 valence electrons. The molecule has 0 aromatic heterocycles. The quantitative estimate of drug-likeness (QED) is 0.458. The second-order valence-corrected chi connectivity index (χ2v) is 3.08. The maximum atomic E-state index is 11.5. The summed E-state index contributed by atoms with van der Waals surface area (Å²) in [5, 5.41) is 9.68. The van der Waals surface area contributed by atoms with Gasteiger partial charge in [0.05, 0.1) is 11.6 Å². The molecule has 1 amide bonds. The molecular weight excluding hydrogens is 183 g/mol. The van der Waals surface area contributed by atoms with Crippen molar-refractivity contribution < 1.29 is 14.8 Å². The van der Waals surface area contributed by atoms with Crippen molar-refractivity contribution >= 4 is 18.9 Å².